The summed E-state index contributed by atoms with van der Waals surface area (Å²) < 4.78 is 5.74. The van der Waals surface area contributed by atoms with Crippen LogP contribution in [-0.4, -0.2) is 15.0 Å². The summed E-state index contributed by atoms with van der Waals surface area (Å²) in [6.45, 7) is 1.92. The van der Waals surface area contributed by atoms with Crippen molar-refractivity contribution in [3.05, 3.63) is 47.5 Å². The van der Waals surface area contributed by atoms with Gasteiger partial charge in [-0.25, -0.2) is 9.97 Å². The summed E-state index contributed by atoms with van der Waals surface area (Å²) in [5.41, 5.74) is 7.67. The lowest BCUT2D eigenvalue weighted by atomic mass is 10.2. The van der Waals surface area contributed by atoms with Gasteiger partial charge in [0.15, 0.2) is 10.9 Å². The smallest absolute Gasteiger partial charge is 0.247 e. The maximum Gasteiger partial charge on any atom is 0.247 e. The molecule has 0 fully saturated rings. The lowest BCUT2D eigenvalue weighted by molar-refractivity contribution is 0.468. The monoisotopic (exact) mass is 286 g/mol. The molecule has 20 heavy (non-hydrogen) atoms. The molecule has 0 aliphatic heterocycles. The maximum absolute atomic E-state index is 5.85. The number of hydrogen-bond acceptors (Lipinski definition) is 5. The fourth-order valence-electron chi connectivity index (χ4n) is 1.84. The molecule has 3 aromatic rings. The van der Waals surface area contributed by atoms with Crippen molar-refractivity contribution in [1.82, 2.24) is 15.0 Å². The van der Waals surface area contributed by atoms with Crippen molar-refractivity contribution < 1.29 is 4.74 Å². The van der Waals surface area contributed by atoms with Gasteiger partial charge < -0.3 is 10.5 Å². The number of ether oxygens (including phenoxy) is 1. The minimum absolute atomic E-state index is 0.166. The van der Waals surface area contributed by atoms with Crippen molar-refractivity contribution in [3.8, 4) is 11.6 Å². The number of para-hydroxylation sites is 1. The van der Waals surface area contributed by atoms with Gasteiger partial charge in [-0.2, -0.15) is 4.98 Å². The van der Waals surface area contributed by atoms with Crippen LogP contribution in [0.1, 0.15) is 5.69 Å². The molecule has 0 radical (unpaired) electrons. The maximum atomic E-state index is 5.85. The molecule has 2 heterocycles. The molecule has 0 amide bonds. The molecule has 6 heteroatoms. The Morgan fingerprint density at radius 1 is 1.15 bits per heavy atom. The van der Waals surface area contributed by atoms with Crippen molar-refractivity contribution in [1.29, 1.82) is 0 Å². The molecule has 0 spiro atoms. The minimum Gasteiger partial charge on any atom is -0.435 e. The third kappa shape index (κ3) is 2.23. The lowest BCUT2D eigenvalue weighted by Crippen LogP contribution is -1.98. The highest BCUT2D eigenvalue weighted by Gasteiger charge is 2.11. The Morgan fingerprint density at radius 2 is 2.00 bits per heavy atom. The van der Waals surface area contributed by atoms with E-state index in [0.717, 1.165) is 16.6 Å². The molecule has 0 aliphatic rings. The highest BCUT2D eigenvalue weighted by molar-refractivity contribution is 6.32. The van der Waals surface area contributed by atoms with Crippen LogP contribution in [0.2, 0.25) is 5.15 Å². The first kappa shape index (κ1) is 12.6. The van der Waals surface area contributed by atoms with E-state index in [0.29, 0.717) is 5.75 Å². The summed E-state index contributed by atoms with van der Waals surface area (Å²) in [4.78, 5) is 12.3. The van der Waals surface area contributed by atoms with Gasteiger partial charge in [-0.15, -0.1) is 0 Å². The number of nitrogen functional groups attached to an aromatic ring is 1. The number of pyridine rings is 1. The summed E-state index contributed by atoms with van der Waals surface area (Å²) >= 11 is 5.85. The third-order valence-corrected chi connectivity index (χ3v) is 3.13. The second kappa shape index (κ2) is 4.94. The Hall–Kier alpha value is -2.40. The number of hydrogen-bond donors (Lipinski definition) is 1. The average molecular weight is 287 g/mol. The molecule has 0 aliphatic carbocycles. The SMILES string of the molecule is Cc1ccc2cccc(Oc3ncnc(Cl)c3N)c2n1. The Bertz CT molecular complexity index is 791. The number of halogens is 1. The molecule has 3 rings (SSSR count). The molecular weight excluding hydrogens is 276 g/mol. The van der Waals surface area contributed by atoms with E-state index in [1.807, 2.05) is 37.3 Å². The number of anilines is 1. The number of aryl methyl sites for hydroxylation is 1. The first-order valence-electron chi connectivity index (χ1n) is 5.95. The van der Waals surface area contributed by atoms with Gasteiger partial charge in [0.05, 0.1) is 0 Å². The average Bonchev–Trinajstić information content (AvgIpc) is 2.44. The van der Waals surface area contributed by atoms with Crippen molar-refractivity contribution in [2.24, 2.45) is 0 Å². The van der Waals surface area contributed by atoms with Gasteiger partial charge in [-0.05, 0) is 19.1 Å². The summed E-state index contributed by atoms with van der Waals surface area (Å²) in [5.74, 6) is 0.800. The topological polar surface area (TPSA) is 73.9 Å². The van der Waals surface area contributed by atoms with Gasteiger partial charge in [0.2, 0.25) is 5.88 Å². The normalized spacial score (nSPS) is 10.7. The number of nitrogens with zero attached hydrogens (tertiary/aromatic N) is 3. The van der Waals surface area contributed by atoms with E-state index in [1.165, 1.54) is 6.33 Å². The number of benzene rings is 1. The van der Waals surface area contributed by atoms with Gasteiger partial charge in [0.25, 0.3) is 0 Å². The Labute approximate surface area is 120 Å². The van der Waals surface area contributed by atoms with Crippen LogP contribution in [-0.2, 0) is 0 Å². The van der Waals surface area contributed by atoms with Crippen LogP contribution in [0, 0.1) is 6.92 Å². The lowest BCUT2D eigenvalue weighted by Gasteiger charge is -2.09. The summed E-state index contributed by atoms with van der Waals surface area (Å²) in [5, 5.41) is 1.14. The first-order chi connectivity index (χ1) is 9.65. The van der Waals surface area contributed by atoms with Gasteiger partial charge in [-0.1, -0.05) is 29.8 Å². The van der Waals surface area contributed by atoms with Gasteiger partial charge in [0.1, 0.15) is 17.5 Å². The zero-order chi connectivity index (χ0) is 14.1. The molecule has 0 bridgehead atoms. The molecule has 0 saturated carbocycles. The Morgan fingerprint density at radius 3 is 2.85 bits per heavy atom. The van der Waals surface area contributed by atoms with E-state index in [4.69, 9.17) is 22.1 Å². The molecule has 0 atom stereocenters. The minimum atomic E-state index is 0.166. The zero-order valence-corrected chi connectivity index (χ0v) is 11.4. The first-order valence-corrected chi connectivity index (χ1v) is 6.33. The quantitative estimate of drug-likeness (QED) is 0.731. The molecule has 0 saturated heterocycles. The molecule has 1 aromatic carbocycles. The molecule has 100 valence electrons. The van der Waals surface area contributed by atoms with Gasteiger partial charge in [0, 0.05) is 11.1 Å². The van der Waals surface area contributed by atoms with E-state index >= 15 is 0 Å². The standard InChI is InChI=1S/C14H11ClN4O/c1-8-5-6-9-3-2-4-10(12(9)19-8)20-14-11(16)13(15)17-7-18-14/h2-7H,16H2,1H3. The van der Waals surface area contributed by atoms with E-state index in [1.54, 1.807) is 0 Å². The second-order valence-corrected chi connectivity index (χ2v) is 4.62. The predicted molar refractivity (Wildman–Crippen MR) is 78.0 cm³/mol. The van der Waals surface area contributed by atoms with Gasteiger partial charge >= 0.3 is 0 Å². The van der Waals surface area contributed by atoms with Crippen LogP contribution in [0.5, 0.6) is 11.6 Å². The molecular formula is C14H11ClN4O. The summed E-state index contributed by atoms with van der Waals surface area (Å²) in [6, 6.07) is 9.59. The fraction of sp³-hybridized carbons (Fsp3) is 0.0714. The predicted octanol–water partition coefficient (Wildman–Crippen LogP) is 3.36. The highest BCUT2D eigenvalue weighted by Crippen LogP contribution is 2.32. The van der Waals surface area contributed by atoms with Crippen LogP contribution in [0.25, 0.3) is 10.9 Å². The summed E-state index contributed by atoms with van der Waals surface area (Å²) in [7, 11) is 0. The van der Waals surface area contributed by atoms with Crippen LogP contribution in [0.15, 0.2) is 36.7 Å². The fourth-order valence-corrected chi connectivity index (χ4v) is 1.97. The van der Waals surface area contributed by atoms with E-state index < -0.39 is 0 Å². The van der Waals surface area contributed by atoms with Gasteiger partial charge in [-0.3, -0.25) is 0 Å². The largest absolute Gasteiger partial charge is 0.435 e. The molecule has 0 unspecified atom stereocenters. The van der Waals surface area contributed by atoms with Crippen LogP contribution in [0.3, 0.4) is 0 Å². The highest BCUT2D eigenvalue weighted by atomic mass is 35.5. The van der Waals surface area contributed by atoms with Crippen LogP contribution >= 0.6 is 11.6 Å². The second-order valence-electron chi connectivity index (χ2n) is 4.27. The molecule has 5 nitrogen and oxygen atoms in total. The van der Waals surface area contributed by atoms with E-state index in [9.17, 15) is 0 Å². The summed E-state index contributed by atoms with van der Waals surface area (Å²) in [6.07, 6.45) is 1.30. The van der Waals surface area contributed by atoms with Crippen molar-refractivity contribution >= 4 is 28.2 Å². The van der Waals surface area contributed by atoms with Crippen LogP contribution < -0.4 is 10.5 Å². The van der Waals surface area contributed by atoms with Crippen molar-refractivity contribution in [2.45, 2.75) is 6.92 Å². The van der Waals surface area contributed by atoms with E-state index in [-0.39, 0.29) is 16.7 Å². The molecule has 2 N–H and O–H groups in total. The van der Waals surface area contributed by atoms with E-state index in [2.05, 4.69) is 15.0 Å². The van der Waals surface area contributed by atoms with Crippen LogP contribution in [0.4, 0.5) is 5.69 Å². The Kier molecular flexibility index (Phi) is 3.12. The number of aromatic nitrogens is 3. The zero-order valence-electron chi connectivity index (χ0n) is 10.7. The van der Waals surface area contributed by atoms with Crippen molar-refractivity contribution in [2.75, 3.05) is 5.73 Å². The van der Waals surface area contributed by atoms with Crippen molar-refractivity contribution in [3.63, 3.8) is 0 Å². The number of fused-ring (bicyclic) bond motifs is 1. The third-order valence-electron chi connectivity index (χ3n) is 2.83. The number of rotatable bonds is 2. The molecule has 2 aromatic heterocycles. The number of nitrogens with two attached hydrogens (primary N) is 1. The Balaban J connectivity index is 2.11.